The standard InChI is InChI=1S/C30H29N3O4S/c1-37-24-14-11-21(12-15-24)27(34)19-38-30-32-26-17-22(28(35)31-23-9-5-6-10-23)13-16-25(26)29(36)33(30)18-20-7-3-2-4-8-20/h2-4,7-8,11-17,23H,5-6,9-10,18-19H2,1H3,(H,31,35). The van der Waals surface area contributed by atoms with Crippen LogP contribution >= 0.6 is 11.8 Å². The summed E-state index contributed by atoms with van der Waals surface area (Å²) < 4.78 is 6.77. The number of amides is 1. The molecule has 1 aromatic heterocycles. The van der Waals surface area contributed by atoms with Crippen LogP contribution in [0.15, 0.2) is 82.7 Å². The normalized spacial score (nSPS) is 13.5. The average molecular weight is 528 g/mol. The molecular weight excluding hydrogens is 498 g/mol. The Morgan fingerprint density at radius 3 is 2.42 bits per heavy atom. The zero-order valence-electron chi connectivity index (χ0n) is 21.2. The van der Waals surface area contributed by atoms with Gasteiger partial charge in [0.05, 0.1) is 30.3 Å². The molecular formula is C30H29N3O4S. The summed E-state index contributed by atoms with van der Waals surface area (Å²) in [6.45, 7) is 0.325. The van der Waals surface area contributed by atoms with E-state index in [0.29, 0.717) is 39.5 Å². The lowest BCUT2D eigenvalue weighted by molar-refractivity contribution is 0.0937. The molecule has 0 saturated heterocycles. The van der Waals surface area contributed by atoms with Crippen molar-refractivity contribution >= 4 is 34.4 Å². The number of hydrogen-bond acceptors (Lipinski definition) is 6. The molecule has 4 aromatic rings. The maximum Gasteiger partial charge on any atom is 0.262 e. The summed E-state index contributed by atoms with van der Waals surface area (Å²) in [5.74, 6) is 0.553. The Morgan fingerprint density at radius 2 is 1.71 bits per heavy atom. The number of benzene rings is 3. The SMILES string of the molecule is COc1ccc(C(=O)CSc2nc3cc(C(=O)NC4CCCC4)ccc3c(=O)n2Cc2ccccc2)cc1. The molecule has 1 aliphatic rings. The Bertz CT molecular complexity index is 1510. The van der Waals surface area contributed by atoms with E-state index in [1.54, 1.807) is 54.1 Å². The van der Waals surface area contributed by atoms with Crippen LogP contribution in [0.4, 0.5) is 0 Å². The van der Waals surface area contributed by atoms with Crippen LogP contribution in [0.1, 0.15) is 52.0 Å². The lowest BCUT2D eigenvalue weighted by Crippen LogP contribution is -2.32. The number of thioether (sulfide) groups is 1. The highest BCUT2D eigenvalue weighted by Crippen LogP contribution is 2.23. The quantitative estimate of drug-likeness (QED) is 0.185. The monoisotopic (exact) mass is 527 g/mol. The summed E-state index contributed by atoms with van der Waals surface area (Å²) >= 11 is 1.22. The van der Waals surface area contributed by atoms with Crippen molar-refractivity contribution in [3.05, 3.63) is 99.8 Å². The first-order valence-electron chi connectivity index (χ1n) is 12.7. The molecule has 0 atom stereocenters. The fraction of sp³-hybridized carbons (Fsp3) is 0.267. The van der Waals surface area contributed by atoms with E-state index in [-0.39, 0.29) is 29.0 Å². The zero-order chi connectivity index (χ0) is 26.5. The molecule has 0 aliphatic heterocycles. The molecule has 5 rings (SSSR count). The lowest BCUT2D eigenvalue weighted by atomic mass is 10.1. The minimum atomic E-state index is -0.207. The van der Waals surface area contributed by atoms with E-state index in [1.165, 1.54) is 11.8 Å². The molecule has 1 amide bonds. The molecule has 0 spiro atoms. The van der Waals surface area contributed by atoms with E-state index in [4.69, 9.17) is 9.72 Å². The molecule has 0 unspecified atom stereocenters. The van der Waals surface area contributed by atoms with Crippen molar-refractivity contribution in [3.63, 3.8) is 0 Å². The van der Waals surface area contributed by atoms with E-state index in [1.807, 2.05) is 30.3 Å². The number of nitrogens with one attached hydrogen (secondary N) is 1. The number of hydrogen-bond donors (Lipinski definition) is 1. The van der Waals surface area contributed by atoms with Gasteiger partial charge in [-0.05, 0) is 60.9 Å². The van der Waals surface area contributed by atoms with Crippen LogP contribution < -0.4 is 15.6 Å². The summed E-state index contributed by atoms with van der Waals surface area (Å²) in [5.41, 5.74) is 2.22. The zero-order valence-corrected chi connectivity index (χ0v) is 22.0. The first-order chi connectivity index (χ1) is 18.5. The van der Waals surface area contributed by atoms with Gasteiger partial charge < -0.3 is 10.1 Å². The molecule has 38 heavy (non-hydrogen) atoms. The fourth-order valence-electron chi connectivity index (χ4n) is 4.69. The van der Waals surface area contributed by atoms with Gasteiger partial charge >= 0.3 is 0 Å². The van der Waals surface area contributed by atoms with Crippen molar-refractivity contribution in [1.29, 1.82) is 0 Å². The maximum absolute atomic E-state index is 13.6. The third-order valence-corrected chi connectivity index (χ3v) is 7.78. The topological polar surface area (TPSA) is 90.3 Å². The number of carbonyl (C=O) groups excluding carboxylic acids is 2. The molecule has 194 valence electrons. The first kappa shape index (κ1) is 25.7. The molecule has 1 aliphatic carbocycles. The molecule has 3 aromatic carbocycles. The molecule has 1 fully saturated rings. The van der Waals surface area contributed by atoms with Crippen LogP contribution in [-0.4, -0.2) is 40.1 Å². The molecule has 1 saturated carbocycles. The Labute approximate surface area is 225 Å². The second-order valence-corrected chi connectivity index (χ2v) is 10.3. The number of nitrogens with zero attached hydrogens (tertiary/aromatic N) is 2. The smallest absolute Gasteiger partial charge is 0.262 e. The number of aromatic nitrogens is 2. The van der Waals surface area contributed by atoms with Gasteiger partial charge in [0.25, 0.3) is 11.5 Å². The summed E-state index contributed by atoms with van der Waals surface area (Å²) in [7, 11) is 1.58. The molecule has 0 bridgehead atoms. The Hall–Kier alpha value is -3.91. The van der Waals surface area contributed by atoms with Gasteiger partial charge in [-0.2, -0.15) is 0 Å². The first-order valence-corrected chi connectivity index (χ1v) is 13.7. The molecule has 7 nitrogen and oxygen atoms in total. The van der Waals surface area contributed by atoms with Gasteiger partial charge in [-0.25, -0.2) is 4.98 Å². The van der Waals surface area contributed by atoms with Gasteiger partial charge in [-0.3, -0.25) is 19.0 Å². The maximum atomic E-state index is 13.6. The largest absolute Gasteiger partial charge is 0.497 e. The van der Waals surface area contributed by atoms with Crippen molar-refractivity contribution in [3.8, 4) is 5.75 Å². The van der Waals surface area contributed by atoms with Crippen LogP contribution in [0.25, 0.3) is 10.9 Å². The molecule has 8 heteroatoms. The number of Topliss-reactive ketones (excluding diaryl/α,β-unsaturated/α-hetero) is 1. The summed E-state index contributed by atoms with van der Waals surface area (Å²) in [6.07, 6.45) is 4.23. The minimum Gasteiger partial charge on any atom is -0.497 e. The third-order valence-electron chi connectivity index (χ3n) is 6.80. The second-order valence-electron chi connectivity index (χ2n) is 9.40. The highest BCUT2D eigenvalue weighted by Gasteiger charge is 2.20. The number of methoxy groups -OCH3 is 1. The molecule has 1 heterocycles. The van der Waals surface area contributed by atoms with Crippen molar-refractivity contribution in [1.82, 2.24) is 14.9 Å². The van der Waals surface area contributed by atoms with Gasteiger partial charge in [0.2, 0.25) is 0 Å². The van der Waals surface area contributed by atoms with E-state index in [0.717, 1.165) is 31.2 Å². The minimum absolute atomic E-state index is 0.0806. The number of fused-ring (bicyclic) bond motifs is 1. The van der Waals surface area contributed by atoms with Crippen LogP contribution in [0.2, 0.25) is 0 Å². The van der Waals surface area contributed by atoms with E-state index < -0.39 is 0 Å². The average Bonchev–Trinajstić information content (AvgIpc) is 3.47. The summed E-state index contributed by atoms with van der Waals surface area (Å²) in [5, 5.41) is 3.96. The van der Waals surface area contributed by atoms with E-state index in [9.17, 15) is 14.4 Å². The van der Waals surface area contributed by atoms with Crippen molar-refractivity contribution < 1.29 is 14.3 Å². The van der Waals surface area contributed by atoms with E-state index in [2.05, 4.69) is 5.32 Å². The van der Waals surface area contributed by atoms with Gasteiger partial charge in [-0.1, -0.05) is 54.9 Å². The Kier molecular flexibility index (Phi) is 7.89. The highest BCUT2D eigenvalue weighted by atomic mass is 32.2. The predicted octanol–water partition coefficient (Wildman–Crippen LogP) is 5.10. The number of ketones is 1. The van der Waals surface area contributed by atoms with Crippen LogP contribution in [0.5, 0.6) is 5.75 Å². The molecule has 0 radical (unpaired) electrons. The van der Waals surface area contributed by atoms with Gasteiger partial charge in [-0.15, -0.1) is 0 Å². The predicted molar refractivity (Wildman–Crippen MR) is 149 cm³/mol. The van der Waals surface area contributed by atoms with Crippen molar-refractivity contribution in [2.75, 3.05) is 12.9 Å². The Balaban J connectivity index is 1.46. The van der Waals surface area contributed by atoms with Crippen LogP contribution in [-0.2, 0) is 6.54 Å². The fourth-order valence-corrected chi connectivity index (χ4v) is 5.58. The second kappa shape index (κ2) is 11.6. The van der Waals surface area contributed by atoms with E-state index >= 15 is 0 Å². The third kappa shape index (κ3) is 5.81. The van der Waals surface area contributed by atoms with Crippen LogP contribution in [0.3, 0.4) is 0 Å². The number of rotatable bonds is 9. The summed E-state index contributed by atoms with van der Waals surface area (Å²) in [6, 6.07) is 21.8. The molecule has 1 N–H and O–H groups in total. The number of carbonyl (C=O) groups is 2. The van der Waals surface area contributed by atoms with Gasteiger partial charge in [0, 0.05) is 17.2 Å². The van der Waals surface area contributed by atoms with Crippen molar-refractivity contribution in [2.24, 2.45) is 0 Å². The van der Waals surface area contributed by atoms with Crippen LogP contribution in [0, 0.1) is 0 Å². The van der Waals surface area contributed by atoms with Gasteiger partial charge in [0.1, 0.15) is 5.75 Å². The number of ether oxygens (including phenoxy) is 1. The van der Waals surface area contributed by atoms with Gasteiger partial charge in [0.15, 0.2) is 10.9 Å². The van der Waals surface area contributed by atoms with Crippen molar-refractivity contribution in [2.45, 2.75) is 43.4 Å². The highest BCUT2D eigenvalue weighted by molar-refractivity contribution is 7.99. The Morgan fingerprint density at radius 1 is 1.00 bits per heavy atom. The summed E-state index contributed by atoms with van der Waals surface area (Å²) in [4.78, 5) is 44.2. The lowest BCUT2D eigenvalue weighted by Gasteiger charge is -2.15.